The van der Waals surface area contributed by atoms with Gasteiger partial charge in [-0.05, 0) is 31.0 Å². The summed E-state index contributed by atoms with van der Waals surface area (Å²) in [6, 6.07) is 5.76. The number of aryl methyl sites for hydroxylation is 1. The molecule has 1 aromatic carbocycles. The van der Waals surface area contributed by atoms with Gasteiger partial charge in [0, 0.05) is 20.3 Å². The minimum atomic E-state index is 0.514. The van der Waals surface area contributed by atoms with Crippen LogP contribution in [0.1, 0.15) is 12.0 Å². The molecule has 4 nitrogen and oxygen atoms in total. The van der Waals surface area contributed by atoms with E-state index in [2.05, 4.69) is 0 Å². The molecule has 0 aliphatic heterocycles. The van der Waals surface area contributed by atoms with Crippen molar-refractivity contribution in [1.29, 1.82) is 0 Å². The van der Waals surface area contributed by atoms with Crippen molar-refractivity contribution in [2.45, 2.75) is 13.3 Å². The van der Waals surface area contributed by atoms with Crippen LogP contribution in [0.4, 0.5) is 5.69 Å². The monoisotopic (exact) mass is 239 g/mol. The fraction of sp³-hybridized carbons (Fsp3) is 0.538. The number of benzene rings is 1. The summed E-state index contributed by atoms with van der Waals surface area (Å²) in [4.78, 5) is 0. The van der Waals surface area contributed by atoms with Gasteiger partial charge in [-0.1, -0.05) is 6.07 Å². The van der Waals surface area contributed by atoms with Gasteiger partial charge < -0.3 is 19.9 Å². The molecule has 0 saturated carbocycles. The minimum absolute atomic E-state index is 0.514. The molecule has 96 valence electrons. The summed E-state index contributed by atoms with van der Waals surface area (Å²) in [5.41, 5.74) is 7.62. The third-order valence-corrected chi connectivity index (χ3v) is 2.29. The lowest BCUT2D eigenvalue weighted by Crippen LogP contribution is -2.09. The summed E-state index contributed by atoms with van der Waals surface area (Å²) in [7, 11) is 1.68. The molecule has 2 N–H and O–H groups in total. The summed E-state index contributed by atoms with van der Waals surface area (Å²) in [5.74, 6) is 0.719. The predicted octanol–water partition coefficient (Wildman–Crippen LogP) is 2.01. The van der Waals surface area contributed by atoms with Crippen LogP contribution in [0.25, 0.3) is 0 Å². The van der Waals surface area contributed by atoms with Gasteiger partial charge in [0.25, 0.3) is 0 Å². The van der Waals surface area contributed by atoms with Gasteiger partial charge in [-0.15, -0.1) is 0 Å². The zero-order valence-electron chi connectivity index (χ0n) is 10.6. The first-order chi connectivity index (χ1) is 8.24. The van der Waals surface area contributed by atoms with E-state index in [0.29, 0.717) is 25.5 Å². The lowest BCUT2D eigenvalue weighted by molar-refractivity contribution is 0.0808. The summed E-state index contributed by atoms with van der Waals surface area (Å²) in [5, 5.41) is 0. The van der Waals surface area contributed by atoms with Crippen LogP contribution in [0.3, 0.4) is 0 Å². The normalized spacial score (nSPS) is 10.5. The number of anilines is 1. The molecule has 0 fully saturated rings. The highest BCUT2D eigenvalue weighted by molar-refractivity contribution is 5.53. The van der Waals surface area contributed by atoms with Crippen molar-refractivity contribution in [3.05, 3.63) is 23.8 Å². The average molecular weight is 239 g/mol. The van der Waals surface area contributed by atoms with Crippen LogP contribution in [0.5, 0.6) is 5.75 Å². The number of ether oxygens (including phenoxy) is 3. The third-order valence-electron chi connectivity index (χ3n) is 2.29. The molecular formula is C13H21NO3. The highest BCUT2D eigenvalue weighted by Gasteiger charge is 1.99. The topological polar surface area (TPSA) is 53.7 Å². The van der Waals surface area contributed by atoms with Crippen LogP contribution in [0.15, 0.2) is 18.2 Å². The molecule has 0 spiro atoms. The standard InChI is InChI=1S/C13H21NO3/c1-11-4-5-13(12(14)10-11)17-9-8-16-7-3-6-15-2/h4-5,10H,3,6-9,14H2,1-2H3. The van der Waals surface area contributed by atoms with E-state index in [4.69, 9.17) is 19.9 Å². The summed E-state index contributed by atoms with van der Waals surface area (Å²) in [6.07, 6.45) is 0.906. The Bertz CT molecular complexity index is 328. The van der Waals surface area contributed by atoms with Gasteiger partial charge in [-0.3, -0.25) is 0 Å². The predicted molar refractivity (Wildman–Crippen MR) is 68.4 cm³/mol. The average Bonchev–Trinajstić information content (AvgIpc) is 2.30. The SMILES string of the molecule is COCCCOCCOc1ccc(C)cc1N. The van der Waals surface area contributed by atoms with Crippen LogP contribution in [-0.4, -0.2) is 33.5 Å². The quantitative estimate of drug-likeness (QED) is 0.557. The van der Waals surface area contributed by atoms with Crippen LogP contribution in [0, 0.1) is 6.92 Å². The highest BCUT2D eigenvalue weighted by atomic mass is 16.5. The van der Waals surface area contributed by atoms with Gasteiger partial charge in [0.2, 0.25) is 0 Å². The second kappa shape index (κ2) is 7.92. The van der Waals surface area contributed by atoms with E-state index in [1.165, 1.54) is 0 Å². The first-order valence-corrected chi connectivity index (χ1v) is 5.79. The number of nitrogen functional groups attached to an aromatic ring is 1. The van der Waals surface area contributed by atoms with Gasteiger partial charge in [0.05, 0.1) is 12.3 Å². The van der Waals surface area contributed by atoms with Crippen LogP contribution in [0.2, 0.25) is 0 Å². The maximum absolute atomic E-state index is 5.82. The molecule has 0 radical (unpaired) electrons. The number of hydrogen-bond donors (Lipinski definition) is 1. The van der Waals surface area contributed by atoms with Crippen molar-refractivity contribution in [2.24, 2.45) is 0 Å². The van der Waals surface area contributed by atoms with Gasteiger partial charge >= 0.3 is 0 Å². The van der Waals surface area contributed by atoms with Crippen molar-refractivity contribution in [1.82, 2.24) is 0 Å². The van der Waals surface area contributed by atoms with Crippen LogP contribution in [-0.2, 0) is 9.47 Å². The Morgan fingerprint density at radius 3 is 2.65 bits per heavy atom. The van der Waals surface area contributed by atoms with E-state index in [9.17, 15) is 0 Å². The summed E-state index contributed by atoms with van der Waals surface area (Å²) in [6.45, 7) is 4.50. The molecule has 0 aliphatic carbocycles. The fourth-order valence-corrected chi connectivity index (χ4v) is 1.42. The molecule has 0 unspecified atom stereocenters. The first kappa shape index (κ1) is 13.8. The first-order valence-electron chi connectivity index (χ1n) is 5.79. The Morgan fingerprint density at radius 2 is 1.94 bits per heavy atom. The maximum atomic E-state index is 5.82. The van der Waals surface area contributed by atoms with E-state index in [1.54, 1.807) is 7.11 Å². The van der Waals surface area contributed by atoms with Gasteiger partial charge in [-0.2, -0.15) is 0 Å². The van der Waals surface area contributed by atoms with E-state index in [0.717, 1.165) is 24.3 Å². The Balaban J connectivity index is 2.14. The van der Waals surface area contributed by atoms with Crippen molar-refractivity contribution >= 4 is 5.69 Å². The van der Waals surface area contributed by atoms with E-state index in [-0.39, 0.29) is 0 Å². The van der Waals surface area contributed by atoms with E-state index in [1.807, 2.05) is 25.1 Å². The molecule has 0 bridgehead atoms. The van der Waals surface area contributed by atoms with Gasteiger partial charge in [0.1, 0.15) is 12.4 Å². The minimum Gasteiger partial charge on any atom is -0.489 e. The van der Waals surface area contributed by atoms with Gasteiger partial charge in [0.15, 0.2) is 0 Å². The van der Waals surface area contributed by atoms with E-state index < -0.39 is 0 Å². The molecule has 0 saturated heterocycles. The second-order valence-corrected chi connectivity index (χ2v) is 3.85. The molecule has 0 aliphatic rings. The van der Waals surface area contributed by atoms with Gasteiger partial charge in [-0.25, -0.2) is 0 Å². The zero-order chi connectivity index (χ0) is 12.5. The highest BCUT2D eigenvalue weighted by Crippen LogP contribution is 2.21. The lowest BCUT2D eigenvalue weighted by atomic mass is 10.2. The Hall–Kier alpha value is -1.26. The second-order valence-electron chi connectivity index (χ2n) is 3.85. The van der Waals surface area contributed by atoms with Crippen LogP contribution >= 0.6 is 0 Å². The van der Waals surface area contributed by atoms with Crippen molar-refractivity contribution in [3.63, 3.8) is 0 Å². The molecule has 1 rings (SSSR count). The molecule has 0 aromatic heterocycles. The third kappa shape index (κ3) is 5.56. The number of rotatable bonds is 8. The Labute approximate surface area is 103 Å². The van der Waals surface area contributed by atoms with Crippen LogP contribution < -0.4 is 10.5 Å². The van der Waals surface area contributed by atoms with Crippen molar-refractivity contribution < 1.29 is 14.2 Å². The lowest BCUT2D eigenvalue weighted by Gasteiger charge is -2.09. The smallest absolute Gasteiger partial charge is 0.142 e. The Morgan fingerprint density at radius 1 is 1.12 bits per heavy atom. The number of hydrogen-bond acceptors (Lipinski definition) is 4. The van der Waals surface area contributed by atoms with Crippen molar-refractivity contribution in [3.8, 4) is 5.75 Å². The molecule has 17 heavy (non-hydrogen) atoms. The molecular weight excluding hydrogens is 218 g/mol. The maximum Gasteiger partial charge on any atom is 0.142 e. The molecule has 0 amide bonds. The zero-order valence-corrected chi connectivity index (χ0v) is 10.6. The molecule has 1 aromatic rings. The van der Waals surface area contributed by atoms with Crippen molar-refractivity contribution in [2.75, 3.05) is 39.3 Å². The molecule has 0 heterocycles. The largest absolute Gasteiger partial charge is 0.489 e. The van der Waals surface area contributed by atoms with E-state index >= 15 is 0 Å². The summed E-state index contributed by atoms with van der Waals surface area (Å²) < 4.78 is 15.8. The summed E-state index contributed by atoms with van der Waals surface area (Å²) >= 11 is 0. The molecule has 0 atom stereocenters. The number of methoxy groups -OCH3 is 1. The Kier molecular flexibility index (Phi) is 6.43. The number of nitrogens with two attached hydrogens (primary N) is 1. The fourth-order valence-electron chi connectivity index (χ4n) is 1.42. The molecule has 4 heteroatoms.